The Kier molecular flexibility index (Phi) is 5.90. The highest BCUT2D eigenvalue weighted by atomic mass is 32.2. The molecule has 1 aromatic heterocycles. The molecule has 122 valence electrons. The van der Waals surface area contributed by atoms with Crippen molar-refractivity contribution in [2.45, 2.75) is 63.9 Å². The first-order chi connectivity index (χ1) is 10.5. The van der Waals surface area contributed by atoms with Gasteiger partial charge in [-0.3, -0.25) is 4.79 Å². The zero-order valence-corrected chi connectivity index (χ0v) is 15.0. The molecule has 0 aliphatic heterocycles. The van der Waals surface area contributed by atoms with Crippen molar-refractivity contribution in [1.82, 2.24) is 10.3 Å². The molecule has 1 heterocycles. The van der Waals surface area contributed by atoms with E-state index in [1.165, 1.54) is 31.0 Å². The fourth-order valence-electron chi connectivity index (χ4n) is 3.30. The smallest absolute Gasteiger partial charge is 0.254 e. The van der Waals surface area contributed by atoms with Crippen molar-refractivity contribution in [1.29, 1.82) is 0 Å². The highest BCUT2D eigenvalue weighted by Gasteiger charge is 2.32. The molecule has 0 atom stereocenters. The van der Waals surface area contributed by atoms with Crippen LogP contribution in [-0.2, 0) is 0 Å². The Labute approximate surface area is 138 Å². The first-order valence-electron chi connectivity index (χ1n) is 8.27. The Hall–Kier alpha value is -1.03. The number of nitrogens with one attached hydrogen (secondary N) is 1. The minimum Gasteiger partial charge on any atom is -0.349 e. The number of aromatic nitrogens is 1. The Balaban J connectivity index is 1.92. The van der Waals surface area contributed by atoms with E-state index in [-0.39, 0.29) is 5.91 Å². The Bertz CT molecular complexity index is 508. The van der Waals surface area contributed by atoms with Crippen molar-refractivity contribution in [3.05, 3.63) is 23.9 Å². The third kappa shape index (κ3) is 4.03. The predicted octanol–water partition coefficient (Wildman–Crippen LogP) is 4.53. The molecule has 2 rings (SSSR count). The highest BCUT2D eigenvalue weighted by molar-refractivity contribution is 7.98. The molecule has 1 N–H and O–H groups in total. The molecule has 1 fully saturated rings. The molecule has 1 aromatic rings. The van der Waals surface area contributed by atoms with Crippen LogP contribution in [0.25, 0.3) is 0 Å². The van der Waals surface area contributed by atoms with Crippen LogP contribution in [0, 0.1) is 11.3 Å². The summed E-state index contributed by atoms with van der Waals surface area (Å²) >= 11 is 1.52. The standard InChI is InChI=1S/C18H28N2OS/c1-5-18(2,3)13-8-10-14(11-9-13)20-16(21)15-7-6-12-19-17(15)22-4/h6-7,12-14H,5,8-11H2,1-4H3,(H,20,21). The number of hydrogen-bond acceptors (Lipinski definition) is 3. The maximum absolute atomic E-state index is 12.5. The van der Waals surface area contributed by atoms with Crippen molar-refractivity contribution in [2.24, 2.45) is 11.3 Å². The molecule has 1 aliphatic carbocycles. The van der Waals surface area contributed by atoms with Crippen LogP contribution in [0.1, 0.15) is 63.2 Å². The highest BCUT2D eigenvalue weighted by Crippen LogP contribution is 2.40. The van der Waals surface area contributed by atoms with Crippen molar-refractivity contribution >= 4 is 17.7 Å². The van der Waals surface area contributed by atoms with Crippen LogP contribution in [0.3, 0.4) is 0 Å². The maximum atomic E-state index is 12.5. The van der Waals surface area contributed by atoms with Crippen LogP contribution in [0.2, 0.25) is 0 Å². The molecule has 0 aromatic carbocycles. The van der Waals surface area contributed by atoms with Gasteiger partial charge in [-0.15, -0.1) is 11.8 Å². The van der Waals surface area contributed by atoms with E-state index in [0.717, 1.165) is 23.8 Å². The normalized spacial score (nSPS) is 22.4. The van der Waals surface area contributed by atoms with Crippen LogP contribution in [0.15, 0.2) is 23.4 Å². The molecular weight excluding hydrogens is 292 g/mol. The lowest BCUT2D eigenvalue weighted by atomic mass is 9.69. The van der Waals surface area contributed by atoms with Crippen LogP contribution < -0.4 is 5.32 Å². The summed E-state index contributed by atoms with van der Waals surface area (Å²) in [6, 6.07) is 4.00. The van der Waals surface area contributed by atoms with E-state index in [1.54, 1.807) is 6.20 Å². The molecule has 3 nitrogen and oxygen atoms in total. The van der Waals surface area contributed by atoms with E-state index >= 15 is 0 Å². The van der Waals surface area contributed by atoms with E-state index in [1.807, 2.05) is 18.4 Å². The zero-order valence-electron chi connectivity index (χ0n) is 14.2. The van der Waals surface area contributed by atoms with E-state index in [9.17, 15) is 4.79 Å². The number of carbonyl (C=O) groups excluding carboxylic acids is 1. The molecule has 1 amide bonds. The lowest BCUT2D eigenvalue weighted by Gasteiger charge is -2.39. The number of nitrogens with zero attached hydrogens (tertiary/aromatic N) is 1. The summed E-state index contributed by atoms with van der Waals surface area (Å²) in [6.07, 6.45) is 9.53. The number of rotatable bonds is 5. The van der Waals surface area contributed by atoms with E-state index in [2.05, 4.69) is 31.1 Å². The van der Waals surface area contributed by atoms with Gasteiger partial charge < -0.3 is 5.32 Å². The second-order valence-electron chi connectivity index (χ2n) is 6.92. The largest absolute Gasteiger partial charge is 0.349 e. The summed E-state index contributed by atoms with van der Waals surface area (Å²) in [5, 5.41) is 4.01. The zero-order chi connectivity index (χ0) is 16.2. The van der Waals surface area contributed by atoms with Gasteiger partial charge in [0.1, 0.15) is 5.03 Å². The quantitative estimate of drug-likeness (QED) is 0.811. The first kappa shape index (κ1) is 17.3. The minimum absolute atomic E-state index is 0.0238. The molecular formula is C18H28N2OS. The van der Waals surface area contributed by atoms with E-state index in [4.69, 9.17) is 0 Å². The van der Waals surface area contributed by atoms with Gasteiger partial charge >= 0.3 is 0 Å². The first-order valence-corrected chi connectivity index (χ1v) is 9.50. The molecule has 0 bridgehead atoms. The second kappa shape index (κ2) is 7.49. The molecule has 1 aliphatic rings. The van der Waals surface area contributed by atoms with Crippen molar-refractivity contribution in [2.75, 3.05) is 6.26 Å². The summed E-state index contributed by atoms with van der Waals surface area (Å²) < 4.78 is 0. The lowest BCUT2D eigenvalue weighted by molar-refractivity contribution is 0.0889. The minimum atomic E-state index is 0.0238. The molecule has 22 heavy (non-hydrogen) atoms. The molecule has 0 saturated heterocycles. The van der Waals surface area contributed by atoms with Gasteiger partial charge in [0.05, 0.1) is 5.56 Å². The van der Waals surface area contributed by atoms with Crippen LogP contribution >= 0.6 is 11.8 Å². The monoisotopic (exact) mass is 320 g/mol. The van der Waals surface area contributed by atoms with Crippen molar-refractivity contribution in [3.63, 3.8) is 0 Å². The van der Waals surface area contributed by atoms with E-state index in [0.29, 0.717) is 17.0 Å². The molecule has 0 spiro atoms. The van der Waals surface area contributed by atoms with Crippen LogP contribution in [0.5, 0.6) is 0 Å². The predicted molar refractivity (Wildman–Crippen MR) is 93.3 cm³/mol. The summed E-state index contributed by atoms with van der Waals surface area (Å²) in [5.74, 6) is 0.807. The fraction of sp³-hybridized carbons (Fsp3) is 0.667. The van der Waals surface area contributed by atoms with Crippen molar-refractivity contribution < 1.29 is 4.79 Å². The van der Waals surface area contributed by atoms with Crippen LogP contribution in [-0.4, -0.2) is 23.2 Å². The van der Waals surface area contributed by atoms with E-state index < -0.39 is 0 Å². The van der Waals surface area contributed by atoms with Gasteiger partial charge in [0.15, 0.2) is 0 Å². The summed E-state index contributed by atoms with van der Waals surface area (Å²) in [5.41, 5.74) is 1.12. The van der Waals surface area contributed by atoms with Gasteiger partial charge in [-0.2, -0.15) is 0 Å². The number of amides is 1. The van der Waals surface area contributed by atoms with Gasteiger partial charge in [-0.05, 0) is 55.4 Å². The lowest BCUT2D eigenvalue weighted by Crippen LogP contribution is -2.40. The Morgan fingerprint density at radius 3 is 2.64 bits per heavy atom. The topological polar surface area (TPSA) is 42.0 Å². The average Bonchev–Trinajstić information content (AvgIpc) is 2.55. The number of pyridine rings is 1. The van der Waals surface area contributed by atoms with Gasteiger partial charge in [0.2, 0.25) is 0 Å². The average molecular weight is 321 g/mol. The fourth-order valence-corrected chi connectivity index (χ4v) is 3.84. The van der Waals surface area contributed by atoms with Crippen molar-refractivity contribution in [3.8, 4) is 0 Å². The molecule has 0 radical (unpaired) electrons. The Morgan fingerprint density at radius 2 is 2.05 bits per heavy atom. The number of thioether (sulfide) groups is 1. The van der Waals surface area contributed by atoms with Gasteiger partial charge in [0, 0.05) is 12.2 Å². The van der Waals surface area contributed by atoms with Gasteiger partial charge in [0.25, 0.3) is 5.91 Å². The molecule has 0 unspecified atom stereocenters. The number of hydrogen-bond donors (Lipinski definition) is 1. The maximum Gasteiger partial charge on any atom is 0.254 e. The van der Waals surface area contributed by atoms with Gasteiger partial charge in [-0.1, -0.05) is 27.2 Å². The van der Waals surface area contributed by atoms with Gasteiger partial charge in [-0.25, -0.2) is 4.98 Å². The summed E-state index contributed by atoms with van der Waals surface area (Å²) in [6.45, 7) is 7.02. The van der Waals surface area contributed by atoms with Crippen LogP contribution in [0.4, 0.5) is 0 Å². The summed E-state index contributed by atoms with van der Waals surface area (Å²) in [7, 11) is 0. The third-order valence-corrected chi connectivity index (χ3v) is 6.00. The summed E-state index contributed by atoms with van der Waals surface area (Å²) in [4.78, 5) is 16.7. The Morgan fingerprint density at radius 1 is 1.36 bits per heavy atom. The molecule has 1 saturated carbocycles. The second-order valence-corrected chi connectivity index (χ2v) is 7.72. The number of carbonyl (C=O) groups is 1. The molecule has 4 heteroatoms. The SMILES string of the molecule is CCC(C)(C)C1CCC(NC(=O)c2cccnc2SC)CC1. The third-order valence-electron chi connectivity index (χ3n) is 5.29.